The molecule has 0 N–H and O–H groups in total. The molecular formula is C34H39ClFN5O7. The van der Waals surface area contributed by atoms with Gasteiger partial charge in [0.05, 0.1) is 17.5 Å². The number of carbonyl (C=O) groups excluding carboxylic acids is 1. The molecule has 2 aliphatic heterocycles. The van der Waals surface area contributed by atoms with Gasteiger partial charge in [-0.25, -0.2) is 9.18 Å². The fraction of sp³-hybridized carbons (Fsp3) is 0.471. The SMILES string of the molecule is COCOc1cc(-c2ncc3c(N4CC5CCC(C4)N5C(=O)OC(C)(C)C)nc(OCC(OC)OC)nc3c2F)c2c(Cl)cccc2c1. The van der Waals surface area contributed by atoms with E-state index in [9.17, 15) is 4.79 Å². The first-order valence-electron chi connectivity index (χ1n) is 15.7. The minimum atomic E-state index is -0.692. The first-order valence-corrected chi connectivity index (χ1v) is 16.0. The fourth-order valence-electron chi connectivity index (χ4n) is 6.33. The van der Waals surface area contributed by atoms with Crippen molar-refractivity contribution >= 4 is 45.2 Å². The lowest BCUT2D eigenvalue weighted by atomic mass is 10.00. The van der Waals surface area contributed by atoms with Gasteiger partial charge < -0.3 is 33.3 Å². The second-order valence-electron chi connectivity index (χ2n) is 12.8. The number of aromatic nitrogens is 3. The zero-order valence-corrected chi connectivity index (χ0v) is 28.5. The number of ether oxygens (including phenoxy) is 6. The zero-order chi connectivity index (χ0) is 34.2. The smallest absolute Gasteiger partial charge is 0.410 e. The van der Waals surface area contributed by atoms with E-state index in [1.54, 1.807) is 18.3 Å². The normalized spacial score (nSPS) is 17.9. The summed E-state index contributed by atoms with van der Waals surface area (Å²) in [6.45, 7) is 6.45. The second-order valence-corrected chi connectivity index (χ2v) is 13.2. The van der Waals surface area contributed by atoms with Crippen molar-refractivity contribution in [1.29, 1.82) is 0 Å². The number of methoxy groups -OCH3 is 3. The highest BCUT2D eigenvalue weighted by atomic mass is 35.5. The molecule has 0 aliphatic carbocycles. The molecule has 2 bridgehead atoms. The lowest BCUT2D eigenvalue weighted by Crippen LogP contribution is -2.57. The third-order valence-corrected chi connectivity index (χ3v) is 8.72. The Hall–Kier alpha value is -4.04. The number of halogens is 2. The van der Waals surface area contributed by atoms with Gasteiger partial charge >= 0.3 is 12.1 Å². The molecule has 2 aromatic carbocycles. The number of hydrogen-bond donors (Lipinski definition) is 0. The van der Waals surface area contributed by atoms with Gasteiger partial charge in [-0.3, -0.25) is 9.88 Å². The van der Waals surface area contributed by atoms with Crippen LogP contribution in [0.4, 0.5) is 15.0 Å². The van der Waals surface area contributed by atoms with Gasteiger partial charge in [-0.05, 0) is 57.2 Å². The predicted molar refractivity (Wildman–Crippen MR) is 178 cm³/mol. The van der Waals surface area contributed by atoms with Crippen LogP contribution in [0.3, 0.4) is 0 Å². The Balaban J connectivity index is 1.45. The first kappa shape index (κ1) is 33.8. The summed E-state index contributed by atoms with van der Waals surface area (Å²) in [6, 6.07) is 8.62. The number of amides is 1. The Morgan fingerprint density at radius 2 is 1.79 bits per heavy atom. The summed E-state index contributed by atoms with van der Waals surface area (Å²) in [4.78, 5) is 30.9. The van der Waals surface area contributed by atoms with Crippen molar-refractivity contribution in [3.05, 3.63) is 47.4 Å². The van der Waals surface area contributed by atoms with E-state index in [2.05, 4.69) is 9.97 Å². The number of hydrogen-bond acceptors (Lipinski definition) is 11. The number of anilines is 1. The van der Waals surface area contributed by atoms with E-state index in [0.717, 1.165) is 18.2 Å². The lowest BCUT2D eigenvalue weighted by molar-refractivity contribution is -0.123. The summed E-state index contributed by atoms with van der Waals surface area (Å²) in [6.07, 6.45) is 2.15. The van der Waals surface area contributed by atoms with Crippen molar-refractivity contribution in [2.75, 3.05) is 52.7 Å². The minimum Gasteiger partial charge on any atom is -0.468 e. The Kier molecular flexibility index (Phi) is 9.75. The van der Waals surface area contributed by atoms with Gasteiger partial charge in [-0.1, -0.05) is 23.7 Å². The number of carbonyl (C=O) groups is 1. The van der Waals surface area contributed by atoms with Crippen LogP contribution in [-0.2, 0) is 18.9 Å². The van der Waals surface area contributed by atoms with E-state index in [-0.39, 0.29) is 48.8 Å². The van der Waals surface area contributed by atoms with E-state index in [0.29, 0.717) is 46.0 Å². The van der Waals surface area contributed by atoms with E-state index >= 15 is 4.39 Å². The summed E-state index contributed by atoms with van der Waals surface area (Å²) in [5.41, 5.74) is -0.150. The summed E-state index contributed by atoms with van der Waals surface area (Å²) in [5, 5.41) is 2.17. The highest BCUT2D eigenvalue weighted by Crippen LogP contribution is 2.41. The molecule has 2 aliphatic rings. The van der Waals surface area contributed by atoms with Crippen LogP contribution in [0.15, 0.2) is 36.5 Å². The van der Waals surface area contributed by atoms with Crippen molar-refractivity contribution in [3.8, 4) is 23.0 Å². The Morgan fingerprint density at radius 3 is 2.46 bits per heavy atom. The van der Waals surface area contributed by atoms with Crippen LogP contribution >= 0.6 is 11.6 Å². The summed E-state index contributed by atoms with van der Waals surface area (Å²) in [7, 11) is 4.49. The van der Waals surface area contributed by atoms with Crippen LogP contribution < -0.4 is 14.4 Å². The lowest BCUT2D eigenvalue weighted by Gasteiger charge is -2.42. The van der Waals surface area contributed by atoms with Crippen LogP contribution in [0.5, 0.6) is 11.8 Å². The summed E-state index contributed by atoms with van der Waals surface area (Å²) < 4.78 is 49.9. The van der Waals surface area contributed by atoms with Crippen molar-refractivity contribution in [2.24, 2.45) is 0 Å². The summed E-state index contributed by atoms with van der Waals surface area (Å²) >= 11 is 6.66. The quantitative estimate of drug-likeness (QED) is 0.178. The highest BCUT2D eigenvalue weighted by molar-refractivity contribution is 6.36. The standard InChI is InChI=1S/C34H39ClFN5O7/c1-34(2,3)48-33(42)41-20-10-11-21(41)16-40(15-20)31-24-14-37-29(28(36)30(24)38-32(39-31)46-17-26(44-5)45-6)23-13-22(47-18-43-4)12-19-8-7-9-25(35)27(19)23/h7-9,12-14,20-21,26H,10-11,15-18H2,1-6H3. The maximum Gasteiger partial charge on any atom is 0.410 e. The highest BCUT2D eigenvalue weighted by Gasteiger charge is 2.45. The average molecular weight is 684 g/mol. The molecule has 48 heavy (non-hydrogen) atoms. The maximum atomic E-state index is 16.9. The molecule has 2 unspecified atom stereocenters. The molecule has 4 heterocycles. The monoisotopic (exact) mass is 683 g/mol. The predicted octanol–water partition coefficient (Wildman–Crippen LogP) is 6.21. The number of pyridine rings is 1. The van der Waals surface area contributed by atoms with Crippen molar-refractivity contribution in [1.82, 2.24) is 19.9 Å². The molecule has 0 saturated carbocycles. The molecule has 4 aromatic rings. The summed E-state index contributed by atoms with van der Waals surface area (Å²) in [5.74, 6) is 0.218. The third kappa shape index (κ3) is 6.77. The largest absolute Gasteiger partial charge is 0.468 e. The molecule has 12 nitrogen and oxygen atoms in total. The molecule has 2 atom stereocenters. The van der Waals surface area contributed by atoms with Gasteiger partial charge in [-0.2, -0.15) is 9.97 Å². The first-order chi connectivity index (χ1) is 23.0. The van der Waals surface area contributed by atoms with Crippen LogP contribution in [0.1, 0.15) is 33.6 Å². The fourth-order valence-corrected chi connectivity index (χ4v) is 6.61. The van der Waals surface area contributed by atoms with Gasteiger partial charge in [0.2, 0.25) is 0 Å². The molecule has 14 heteroatoms. The molecule has 2 fully saturated rings. The topological polar surface area (TPSA) is 118 Å². The number of benzene rings is 2. The van der Waals surface area contributed by atoms with E-state index in [1.807, 2.05) is 48.8 Å². The van der Waals surface area contributed by atoms with Crippen LogP contribution in [0.25, 0.3) is 32.9 Å². The minimum absolute atomic E-state index is 0.00352. The van der Waals surface area contributed by atoms with Crippen LogP contribution in [0, 0.1) is 5.82 Å². The molecular weight excluding hydrogens is 645 g/mol. The molecule has 2 aromatic heterocycles. The Bertz CT molecular complexity index is 1810. The molecule has 2 saturated heterocycles. The van der Waals surface area contributed by atoms with E-state index in [1.165, 1.54) is 21.3 Å². The Labute approximate surface area is 283 Å². The van der Waals surface area contributed by atoms with Crippen LogP contribution in [-0.4, -0.2) is 97.7 Å². The van der Waals surface area contributed by atoms with Gasteiger partial charge in [0.15, 0.2) is 18.9 Å². The molecule has 1 amide bonds. The number of fused-ring (bicyclic) bond motifs is 4. The third-order valence-electron chi connectivity index (χ3n) is 8.40. The Morgan fingerprint density at radius 1 is 1.06 bits per heavy atom. The maximum absolute atomic E-state index is 16.9. The molecule has 256 valence electrons. The number of rotatable bonds is 10. The van der Waals surface area contributed by atoms with Gasteiger partial charge in [0.1, 0.15) is 35.0 Å². The average Bonchev–Trinajstić information content (AvgIpc) is 3.32. The van der Waals surface area contributed by atoms with E-state index < -0.39 is 17.7 Å². The van der Waals surface area contributed by atoms with Gasteiger partial charge in [-0.15, -0.1) is 0 Å². The van der Waals surface area contributed by atoms with Crippen molar-refractivity contribution < 1.29 is 37.6 Å². The zero-order valence-electron chi connectivity index (χ0n) is 27.8. The van der Waals surface area contributed by atoms with Crippen molar-refractivity contribution in [3.63, 3.8) is 0 Å². The van der Waals surface area contributed by atoms with Crippen LogP contribution in [0.2, 0.25) is 5.02 Å². The molecule has 0 radical (unpaired) electrons. The molecule has 0 spiro atoms. The molecule has 6 rings (SSSR count). The van der Waals surface area contributed by atoms with Gasteiger partial charge in [0.25, 0.3) is 0 Å². The van der Waals surface area contributed by atoms with Crippen molar-refractivity contribution in [2.45, 2.75) is 57.6 Å². The second kappa shape index (κ2) is 13.8. The number of piperazine rings is 1. The van der Waals surface area contributed by atoms with E-state index in [4.69, 9.17) is 45.0 Å². The number of nitrogens with zero attached hydrogens (tertiary/aromatic N) is 5. The van der Waals surface area contributed by atoms with Gasteiger partial charge in [0, 0.05) is 56.6 Å².